The van der Waals surface area contributed by atoms with E-state index in [1.54, 1.807) is 24.9 Å². The molecule has 1 heterocycles. The normalized spacial score (nSPS) is 14.0. The van der Waals surface area contributed by atoms with E-state index in [1.165, 1.54) is 5.56 Å². The summed E-state index contributed by atoms with van der Waals surface area (Å²) in [4.78, 5) is 16.5. The van der Waals surface area contributed by atoms with Crippen molar-refractivity contribution < 1.29 is 9.90 Å². The average Bonchev–Trinajstić information content (AvgIpc) is 3.25. The Morgan fingerprint density at radius 3 is 2.47 bits per heavy atom. The van der Waals surface area contributed by atoms with Gasteiger partial charge in [0.05, 0.1) is 6.10 Å². The number of benzene rings is 2. The number of carbonyl (C=O) groups excluding carboxylic acids is 1. The van der Waals surface area contributed by atoms with Gasteiger partial charge in [-0.15, -0.1) is 0 Å². The third-order valence-corrected chi connectivity index (χ3v) is 5.56. The molecule has 0 spiro atoms. The van der Waals surface area contributed by atoms with Gasteiger partial charge >= 0.3 is 0 Å². The van der Waals surface area contributed by atoms with Crippen LogP contribution in [0.5, 0.6) is 0 Å². The number of carbonyl (C=O) groups is 1. The summed E-state index contributed by atoms with van der Waals surface area (Å²) in [7, 11) is 0. The zero-order valence-corrected chi connectivity index (χ0v) is 19.0. The van der Waals surface area contributed by atoms with Crippen LogP contribution in [0, 0.1) is 6.92 Å². The molecule has 7 nitrogen and oxygen atoms in total. The number of rotatable bonds is 11. The number of aryl methyl sites for hydroxylation is 1. The predicted molar refractivity (Wildman–Crippen MR) is 126 cm³/mol. The van der Waals surface area contributed by atoms with Gasteiger partial charge in [0.2, 0.25) is 5.91 Å². The van der Waals surface area contributed by atoms with E-state index in [0.29, 0.717) is 5.82 Å². The molecule has 170 valence electrons. The summed E-state index contributed by atoms with van der Waals surface area (Å²) >= 11 is 0. The molecule has 3 N–H and O–H groups in total. The highest BCUT2D eigenvalue weighted by Crippen LogP contribution is 2.20. The molecule has 32 heavy (non-hydrogen) atoms. The summed E-state index contributed by atoms with van der Waals surface area (Å²) < 4.78 is 1.56. The molecule has 0 bridgehead atoms. The van der Waals surface area contributed by atoms with Crippen molar-refractivity contribution in [3.05, 3.63) is 77.9 Å². The van der Waals surface area contributed by atoms with Crippen LogP contribution in [0.25, 0.3) is 0 Å². The van der Waals surface area contributed by atoms with Gasteiger partial charge in [-0.3, -0.25) is 4.79 Å². The second-order valence-electron chi connectivity index (χ2n) is 8.09. The summed E-state index contributed by atoms with van der Waals surface area (Å²) in [5.74, 6) is 0.502. The van der Waals surface area contributed by atoms with Crippen LogP contribution in [0.15, 0.2) is 60.9 Å². The predicted octanol–water partition coefficient (Wildman–Crippen LogP) is 3.82. The van der Waals surface area contributed by atoms with E-state index in [9.17, 15) is 9.90 Å². The number of aromatic nitrogens is 3. The van der Waals surface area contributed by atoms with Crippen molar-refractivity contribution in [1.29, 1.82) is 0 Å². The van der Waals surface area contributed by atoms with Crippen LogP contribution in [-0.4, -0.2) is 38.4 Å². The highest BCUT2D eigenvalue weighted by Gasteiger charge is 2.19. The lowest BCUT2D eigenvalue weighted by Crippen LogP contribution is -2.36. The number of anilines is 1. The van der Waals surface area contributed by atoms with Crippen LogP contribution in [0.3, 0.4) is 0 Å². The van der Waals surface area contributed by atoms with Crippen molar-refractivity contribution in [3.8, 4) is 0 Å². The zero-order valence-electron chi connectivity index (χ0n) is 19.0. The standard InChI is InChI=1S/C25H33N5O2/c1-4-8-23(24(31)21-9-6-5-7-10-21)26-16-15-20-11-13-22(14-12-20)28-25(32)18(2)30-17-27-19(3)29-30/h5-7,9-14,17-18,23-24,26,31H,4,8,15-16H2,1-3H3,(H,28,32)/t18?,23-,24-/m1/s1. The fourth-order valence-electron chi connectivity index (χ4n) is 3.64. The van der Waals surface area contributed by atoms with Crippen LogP contribution in [0.1, 0.15) is 55.8 Å². The molecule has 0 saturated carbocycles. The molecule has 3 atom stereocenters. The van der Waals surface area contributed by atoms with Crippen LogP contribution in [-0.2, 0) is 11.2 Å². The lowest BCUT2D eigenvalue weighted by Gasteiger charge is -2.24. The molecule has 0 aliphatic heterocycles. The first-order chi connectivity index (χ1) is 15.5. The highest BCUT2D eigenvalue weighted by atomic mass is 16.3. The van der Waals surface area contributed by atoms with Gasteiger partial charge in [0.1, 0.15) is 18.2 Å². The van der Waals surface area contributed by atoms with Crippen molar-refractivity contribution in [2.24, 2.45) is 0 Å². The Hall–Kier alpha value is -3.03. The van der Waals surface area contributed by atoms with Crippen LogP contribution >= 0.6 is 0 Å². The molecule has 0 saturated heterocycles. The molecule has 1 aromatic heterocycles. The Morgan fingerprint density at radius 2 is 1.84 bits per heavy atom. The van der Waals surface area contributed by atoms with E-state index in [1.807, 2.05) is 54.6 Å². The fourth-order valence-corrected chi connectivity index (χ4v) is 3.64. The third-order valence-electron chi connectivity index (χ3n) is 5.56. The molecule has 1 unspecified atom stereocenters. The fraction of sp³-hybridized carbons (Fsp3) is 0.400. The van der Waals surface area contributed by atoms with Gasteiger partial charge in [0.25, 0.3) is 0 Å². The summed E-state index contributed by atoms with van der Waals surface area (Å²) in [6, 6.07) is 17.2. The summed E-state index contributed by atoms with van der Waals surface area (Å²) in [6.07, 6.45) is 3.79. The van der Waals surface area contributed by atoms with E-state index >= 15 is 0 Å². The van der Waals surface area contributed by atoms with Gasteiger partial charge in [-0.1, -0.05) is 55.8 Å². The Labute approximate surface area is 189 Å². The first kappa shape index (κ1) is 23.6. The van der Waals surface area contributed by atoms with E-state index in [2.05, 4.69) is 27.6 Å². The quantitative estimate of drug-likeness (QED) is 0.426. The van der Waals surface area contributed by atoms with Gasteiger partial charge in [0.15, 0.2) is 0 Å². The molecule has 0 aliphatic rings. The van der Waals surface area contributed by atoms with Crippen molar-refractivity contribution in [2.45, 2.75) is 58.2 Å². The van der Waals surface area contributed by atoms with Gasteiger partial charge in [-0.25, -0.2) is 9.67 Å². The molecule has 1 amide bonds. The lowest BCUT2D eigenvalue weighted by molar-refractivity contribution is -0.119. The molecular formula is C25H33N5O2. The van der Waals surface area contributed by atoms with Crippen molar-refractivity contribution in [3.63, 3.8) is 0 Å². The van der Waals surface area contributed by atoms with E-state index in [4.69, 9.17) is 0 Å². The summed E-state index contributed by atoms with van der Waals surface area (Å²) in [6.45, 7) is 6.48. The minimum atomic E-state index is -0.524. The monoisotopic (exact) mass is 435 g/mol. The van der Waals surface area contributed by atoms with Crippen LogP contribution in [0.2, 0.25) is 0 Å². The SMILES string of the molecule is CCC[C@@H](NCCc1ccc(NC(=O)C(C)n2cnc(C)n2)cc1)[C@H](O)c1ccccc1. The zero-order chi connectivity index (χ0) is 22.9. The van der Waals surface area contributed by atoms with Gasteiger partial charge in [-0.2, -0.15) is 5.10 Å². The lowest BCUT2D eigenvalue weighted by atomic mass is 9.98. The number of hydrogen-bond donors (Lipinski definition) is 3. The minimum Gasteiger partial charge on any atom is -0.387 e. The largest absolute Gasteiger partial charge is 0.387 e. The number of nitrogens with one attached hydrogen (secondary N) is 2. The summed E-state index contributed by atoms with van der Waals surface area (Å²) in [5.41, 5.74) is 2.85. The average molecular weight is 436 g/mol. The summed E-state index contributed by atoms with van der Waals surface area (Å²) in [5, 5.41) is 21.4. The van der Waals surface area contributed by atoms with Gasteiger partial charge < -0.3 is 15.7 Å². The van der Waals surface area contributed by atoms with Crippen molar-refractivity contribution >= 4 is 11.6 Å². The molecular weight excluding hydrogens is 402 g/mol. The molecule has 3 rings (SSSR count). The van der Waals surface area contributed by atoms with Crippen LogP contribution in [0.4, 0.5) is 5.69 Å². The second kappa shape index (κ2) is 11.5. The molecule has 3 aromatic rings. The first-order valence-electron chi connectivity index (χ1n) is 11.2. The van der Waals surface area contributed by atoms with Gasteiger partial charge in [0, 0.05) is 11.7 Å². The molecule has 2 aromatic carbocycles. The van der Waals surface area contributed by atoms with E-state index in [0.717, 1.165) is 37.1 Å². The second-order valence-corrected chi connectivity index (χ2v) is 8.09. The Kier molecular flexibility index (Phi) is 8.53. The number of nitrogens with zero attached hydrogens (tertiary/aromatic N) is 3. The molecule has 7 heteroatoms. The van der Waals surface area contributed by atoms with Crippen LogP contribution < -0.4 is 10.6 Å². The van der Waals surface area contributed by atoms with E-state index < -0.39 is 12.1 Å². The maximum absolute atomic E-state index is 12.5. The van der Waals surface area contributed by atoms with E-state index in [-0.39, 0.29) is 11.9 Å². The number of hydrogen-bond acceptors (Lipinski definition) is 5. The smallest absolute Gasteiger partial charge is 0.249 e. The first-order valence-corrected chi connectivity index (χ1v) is 11.2. The Morgan fingerprint density at radius 1 is 1.12 bits per heavy atom. The number of aliphatic hydroxyl groups excluding tert-OH is 1. The van der Waals surface area contributed by atoms with Crippen molar-refractivity contribution in [1.82, 2.24) is 20.1 Å². The topological polar surface area (TPSA) is 92.1 Å². The number of aliphatic hydroxyl groups is 1. The Balaban J connectivity index is 1.50. The maximum atomic E-state index is 12.5. The molecule has 0 fully saturated rings. The minimum absolute atomic E-state index is 0.0165. The molecule has 0 radical (unpaired) electrons. The highest BCUT2D eigenvalue weighted by molar-refractivity contribution is 5.93. The van der Waals surface area contributed by atoms with Crippen molar-refractivity contribution in [2.75, 3.05) is 11.9 Å². The number of amides is 1. The Bertz CT molecular complexity index is 972. The molecule has 0 aliphatic carbocycles. The maximum Gasteiger partial charge on any atom is 0.249 e. The third kappa shape index (κ3) is 6.48. The van der Waals surface area contributed by atoms with Gasteiger partial charge in [-0.05, 0) is 56.5 Å².